The van der Waals surface area contributed by atoms with E-state index in [-0.39, 0.29) is 0 Å². The molecular formula is C19H20N2O3S. The molecule has 1 aromatic heterocycles. The van der Waals surface area contributed by atoms with Crippen LogP contribution in [0.1, 0.15) is 11.1 Å². The molecule has 6 heteroatoms. The van der Waals surface area contributed by atoms with Gasteiger partial charge in [-0.2, -0.15) is 0 Å². The third kappa shape index (κ3) is 2.76. The van der Waals surface area contributed by atoms with E-state index in [2.05, 4.69) is 17.0 Å². The summed E-state index contributed by atoms with van der Waals surface area (Å²) in [7, 11) is 5.06. The molecule has 3 aromatic rings. The molecule has 25 heavy (non-hydrogen) atoms. The Bertz CT molecular complexity index is 881. The van der Waals surface area contributed by atoms with Crippen molar-refractivity contribution < 1.29 is 14.2 Å². The maximum absolute atomic E-state index is 5.49. The van der Waals surface area contributed by atoms with Crippen LogP contribution in [0.2, 0.25) is 0 Å². The van der Waals surface area contributed by atoms with E-state index in [1.165, 1.54) is 11.1 Å². The summed E-state index contributed by atoms with van der Waals surface area (Å²) >= 11 is 1.65. The lowest BCUT2D eigenvalue weighted by Crippen LogP contribution is -2.30. The molecule has 0 spiro atoms. The van der Waals surface area contributed by atoms with Gasteiger partial charge in [-0.05, 0) is 41.8 Å². The summed E-state index contributed by atoms with van der Waals surface area (Å²) < 4.78 is 17.3. The minimum absolute atomic E-state index is 0.778. The van der Waals surface area contributed by atoms with E-state index < -0.39 is 0 Å². The maximum atomic E-state index is 5.49. The first-order valence-electron chi connectivity index (χ1n) is 8.15. The minimum atomic E-state index is 0.778. The third-order valence-electron chi connectivity index (χ3n) is 4.60. The van der Waals surface area contributed by atoms with Crippen LogP contribution < -0.4 is 19.1 Å². The van der Waals surface area contributed by atoms with Crippen molar-refractivity contribution in [3.8, 4) is 17.2 Å². The average Bonchev–Trinajstić information content (AvgIpc) is 3.11. The molecule has 0 fully saturated rings. The Labute approximate surface area is 150 Å². The Morgan fingerprint density at radius 3 is 2.52 bits per heavy atom. The molecule has 1 aliphatic heterocycles. The zero-order valence-corrected chi connectivity index (χ0v) is 15.4. The highest BCUT2D eigenvalue weighted by Crippen LogP contribution is 2.41. The van der Waals surface area contributed by atoms with Gasteiger partial charge in [-0.3, -0.25) is 0 Å². The topological polar surface area (TPSA) is 43.8 Å². The molecule has 2 aromatic carbocycles. The Morgan fingerprint density at radius 2 is 1.76 bits per heavy atom. The first-order valence-corrected chi connectivity index (χ1v) is 8.97. The third-order valence-corrected chi connectivity index (χ3v) is 5.73. The maximum Gasteiger partial charge on any atom is 0.187 e. The smallest absolute Gasteiger partial charge is 0.187 e. The van der Waals surface area contributed by atoms with E-state index in [1.54, 1.807) is 32.7 Å². The normalized spacial score (nSPS) is 13.6. The highest BCUT2D eigenvalue weighted by molar-refractivity contribution is 7.22. The van der Waals surface area contributed by atoms with Gasteiger partial charge in [0.2, 0.25) is 0 Å². The lowest BCUT2D eigenvalue weighted by atomic mass is 10.00. The van der Waals surface area contributed by atoms with E-state index >= 15 is 0 Å². The van der Waals surface area contributed by atoms with E-state index in [1.807, 2.05) is 18.2 Å². The molecule has 0 saturated carbocycles. The van der Waals surface area contributed by atoms with E-state index in [9.17, 15) is 0 Å². The molecule has 0 amide bonds. The van der Waals surface area contributed by atoms with Crippen molar-refractivity contribution >= 4 is 26.7 Å². The van der Waals surface area contributed by atoms with Crippen molar-refractivity contribution in [2.24, 2.45) is 0 Å². The number of methoxy groups -OCH3 is 3. The minimum Gasteiger partial charge on any atom is -0.497 e. The Balaban J connectivity index is 1.70. The van der Waals surface area contributed by atoms with Crippen LogP contribution in [0.3, 0.4) is 0 Å². The standard InChI is InChI=1S/C19H20N2O3S/c1-22-14-5-4-13-11-21(9-8-12(13)10-14)19-20-17-15(23-2)6-7-16(24-3)18(17)25-19/h4-7,10H,8-9,11H2,1-3H3. The molecule has 0 bridgehead atoms. The van der Waals surface area contributed by atoms with Crippen LogP contribution in [0.4, 0.5) is 5.13 Å². The average molecular weight is 356 g/mol. The van der Waals surface area contributed by atoms with Gasteiger partial charge in [-0.1, -0.05) is 17.4 Å². The molecule has 0 radical (unpaired) electrons. The van der Waals surface area contributed by atoms with Gasteiger partial charge in [-0.25, -0.2) is 4.98 Å². The monoisotopic (exact) mass is 356 g/mol. The summed E-state index contributed by atoms with van der Waals surface area (Å²) in [6, 6.07) is 10.1. The van der Waals surface area contributed by atoms with Crippen LogP contribution in [0.15, 0.2) is 30.3 Å². The Hall–Kier alpha value is -2.47. The van der Waals surface area contributed by atoms with Gasteiger partial charge in [0.15, 0.2) is 5.13 Å². The summed E-state index contributed by atoms with van der Waals surface area (Å²) in [5.74, 6) is 2.53. The van der Waals surface area contributed by atoms with Gasteiger partial charge in [0, 0.05) is 13.1 Å². The number of aromatic nitrogens is 1. The van der Waals surface area contributed by atoms with Crippen LogP contribution in [0, 0.1) is 0 Å². The van der Waals surface area contributed by atoms with Gasteiger partial charge < -0.3 is 19.1 Å². The number of thiazole rings is 1. The largest absolute Gasteiger partial charge is 0.497 e. The van der Waals surface area contributed by atoms with Crippen molar-refractivity contribution in [1.29, 1.82) is 0 Å². The van der Waals surface area contributed by atoms with E-state index in [4.69, 9.17) is 19.2 Å². The highest BCUT2D eigenvalue weighted by atomic mass is 32.1. The molecule has 0 aliphatic carbocycles. The highest BCUT2D eigenvalue weighted by Gasteiger charge is 2.22. The van der Waals surface area contributed by atoms with Gasteiger partial charge >= 0.3 is 0 Å². The number of nitrogens with zero attached hydrogens (tertiary/aromatic N) is 2. The first-order chi connectivity index (χ1) is 12.2. The quantitative estimate of drug-likeness (QED) is 0.710. The fraction of sp³-hybridized carbons (Fsp3) is 0.316. The molecule has 0 N–H and O–H groups in total. The number of anilines is 1. The van der Waals surface area contributed by atoms with Crippen LogP contribution in [0.5, 0.6) is 17.2 Å². The van der Waals surface area contributed by atoms with Gasteiger partial charge in [0.25, 0.3) is 0 Å². The molecule has 0 saturated heterocycles. The van der Waals surface area contributed by atoms with Crippen LogP contribution in [0.25, 0.3) is 10.2 Å². The SMILES string of the molecule is COc1ccc2c(c1)CCN(c1nc3c(OC)ccc(OC)c3s1)C2. The first kappa shape index (κ1) is 16.0. The van der Waals surface area contributed by atoms with Crippen molar-refractivity contribution in [1.82, 2.24) is 4.98 Å². The van der Waals surface area contributed by atoms with Crippen LogP contribution >= 0.6 is 11.3 Å². The Morgan fingerprint density at radius 1 is 0.960 bits per heavy atom. The van der Waals surface area contributed by atoms with Gasteiger partial charge in [0.05, 0.1) is 21.3 Å². The summed E-state index contributed by atoms with van der Waals surface area (Å²) in [5, 5.41) is 0.999. The number of fused-ring (bicyclic) bond motifs is 2. The summed E-state index contributed by atoms with van der Waals surface area (Å²) in [6.07, 6.45) is 0.983. The second kappa shape index (κ2) is 6.44. The molecule has 4 rings (SSSR count). The molecular weight excluding hydrogens is 336 g/mol. The molecule has 0 atom stereocenters. The van der Waals surface area contributed by atoms with E-state index in [0.29, 0.717) is 0 Å². The zero-order chi connectivity index (χ0) is 17.4. The van der Waals surface area contributed by atoms with Gasteiger partial charge in [-0.15, -0.1) is 0 Å². The number of ether oxygens (including phenoxy) is 3. The lowest BCUT2D eigenvalue weighted by molar-refractivity contribution is 0.410. The van der Waals surface area contributed by atoms with Crippen LogP contribution in [-0.4, -0.2) is 32.9 Å². The number of hydrogen-bond donors (Lipinski definition) is 0. The summed E-state index contributed by atoms with van der Waals surface area (Å²) in [6.45, 7) is 1.79. The van der Waals surface area contributed by atoms with Crippen molar-refractivity contribution in [3.05, 3.63) is 41.5 Å². The van der Waals surface area contributed by atoms with Crippen molar-refractivity contribution in [3.63, 3.8) is 0 Å². The molecule has 0 unspecified atom stereocenters. The zero-order valence-electron chi connectivity index (χ0n) is 14.5. The molecule has 5 nitrogen and oxygen atoms in total. The fourth-order valence-electron chi connectivity index (χ4n) is 3.23. The predicted octanol–water partition coefficient (Wildman–Crippen LogP) is 3.88. The van der Waals surface area contributed by atoms with E-state index in [0.717, 1.165) is 52.1 Å². The lowest BCUT2D eigenvalue weighted by Gasteiger charge is -2.28. The Kier molecular flexibility index (Phi) is 4.13. The summed E-state index contributed by atoms with van der Waals surface area (Å²) in [4.78, 5) is 7.16. The van der Waals surface area contributed by atoms with Gasteiger partial charge in [0.1, 0.15) is 27.5 Å². The van der Waals surface area contributed by atoms with Crippen LogP contribution in [-0.2, 0) is 13.0 Å². The second-order valence-electron chi connectivity index (χ2n) is 5.95. The summed E-state index contributed by atoms with van der Waals surface area (Å²) in [5.41, 5.74) is 3.54. The second-order valence-corrected chi connectivity index (χ2v) is 6.93. The molecule has 1 aliphatic rings. The molecule has 2 heterocycles. The fourth-order valence-corrected chi connectivity index (χ4v) is 4.33. The number of hydrogen-bond acceptors (Lipinski definition) is 6. The predicted molar refractivity (Wildman–Crippen MR) is 100 cm³/mol. The molecule has 130 valence electrons. The number of rotatable bonds is 4. The van der Waals surface area contributed by atoms with Crippen molar-refractivity contribution in [2.75, 3.05) is 32.8 Å². The number of benzene rings is 2. The van der Waals surface area contributed by atoms with Crippen molar-refractivity contribution in [2.45, 2.75) is 13.0 Å².